The van der Waals surface area contributed by atoms with Gasteiger partial charge in [-0.05, 0) is 12.1 Å². The summed E-state index contributed by atoms with van der Waals surface area (Å²) in [7, 11) is 0. The molecule has 1 aliphatic heterocycles. The number of anilines is 1. The maximum absolute atomic E-state index is 11.4. The molecule has 3 nitrogen and oxygen atoms in total. The normalized spacial score (nSPS) is 16.9. The lowest BCUT2D eigenvalue weighted by molar-refractivity contribution is 0.248. The summed E-state index contributed by atoms with van der Waals surface area (Å²) in [5.74, 6) is 1.44. The first-order valence-electron chi connectivity index (χ1n) is 4.06. The average molecular weight is 194 g/mol. The molecule has 1 aromatic carbocycles. The first-order valence-corrected chi connectivity index (χ1v) is 5.21. The van der Waals surface area contributed by atoms with Crippen LogP contribution < -0.4 is 10.2 Å². The van der Waals surface area contributed by atoms with Crippen molar-refractivity contribution in [3.8, 4) is 0 Å². The molecule has 2 amide bonds. The third kappa shape index (κ3) is 1.78. The van der Waals surface area contributed by atoms with Crippen molar-refractivity contribution < 1.29 is 4.79 Å². The van der Waals surface area contributed by atoms with E-state index in [1.165, 1.54) is 0 Å². The third-order valence-corrected chi connectivity index (χ3v) is 2.65. The quantitative estimate of drug-likeness (QED) is 0.740. The highest BCUT2D eigenvalue weighted by molar-refractivity contribution is 7.99. The van der Waals surface area contributed by atoms with Crippen molar-refractivity contribution in [3.05, 3.63) is 30.3 Å². The maximum atomic E-state index is 11.4. The van der Waals surface area contributed by atoms with Crippen molar-refractivity contribution >= 4 is 23.5 Å². The number of nitrogens with zero attached hydrogens (tertiary/aromatic N) is 1. The predicted molar refractivity (Wildman–Crippen MR) is 54.8 cm³/mol. The molecule has 1 heterocycles. The van der Waals surface area contributed by atoms with Crippen LogP contribution in [0.15, 0.2) is 30.3 Å². The van der Waals surface area contributed by atoms with Crippen molar-refractivity contribution in [1.29, 1.82) is 0 Å². The van der Waals surface area contributed by atoms with E-state index in [0.29, 0.717) is 5.88 Å². The van der Waals surface area contributed by atoms with Crippen LogP contribution in [0.3, 0.4) is 0 Å². The van der Waals surface area contributed by atoms with Crippen molar-refractivity contribution in [3.63, 3.8) is 0 Å². The molecule has 1 aromatic rings. The summed E-state index contributed by atoms with van der Waals surface area (Å²) in [6, 6.07) is 9.67. The van der Waals surface area contributed by atoms with E-state index in [1.807, 2.05) is 30.3 Å². The molecular formula is C9H10N2OS. The van der Waals surface area contributed by atoms with Crippen molar-refractivity contribution in [1.82, 2.24) is 5.32 Å². The Hall–Kier alpha value is -1.16. The molecule has 68 valence electrons. The molecule has 1 aliphatic rings. The van der Waals surface area contributed by atoms with E-state index >= 15 is 0 Å². The van der Waals surface area contributed by atoms with Gasteiger partial charge in [0.15, 0.2) is 0 Å². The fourth-order valence-corrected chi connectivity index (χ4v) is 1.97. The smallest absolute Gasteiger partial charge is 0.323 e. The maximum Gasteiger partial charge on any atom is 0.323 e. The Balaban J connectivity index is 2.20. The number of hydrogen-bond acceptors (Lipinski definition) is 2. The number of urea groups is 1. The molecule has 1 fully saturated rings. The molecule has 1 N–H and O–H groups in total. The van der Waals surface area contributed by atoms with Gasteiger partial charge in [-0.3, -0.25) is 4.90 Å². The Kier molecular flexibility index (Phi) is 2.40. The Morgan fingerprint density at radius 3 is 2.77 bits per heavy atom. The van der Waals surface area contributed by atoms with Crippen LogP contribution in [-0.2, 0) is 0 Å². The molecule has 0 aliphatic carbocycles. The summed E-state index contributed by atoms with van der Waals surface area (Å²) in [4.78, 5) is 13.1. The Morgan fingerprint density at radius 1 is 1.31 bits per heavy atom. The fraction of sp³-hybridized carbons (Fsp3) is 0.222. The van der Waals surface area contributed by atoms with Crippen LogP contribution in [0.4, 0.5) is 10.5 Å². The minimum absolute atomic E-state index is 0.00931. The Morgan fingerprint density at radius 2 is 2.08 bits per heavy atom. The highest BCUT2D eigenvalue weighted by Gasteiger charge is 2.18. The second-order valence-corrected chi connectivity index (χ2v) is 3.68. The van der Waals surface area contributed by atoms with Crippen LogP contribution in [0.1, 0.15) is 0 Å². The molecule has 1 saturated heterocycles. The van der Waals surface area contributed by atoms with Crippen molar-refractivity contribution in [2.45, 2.75) is 0 Å². The SMILES string of the molecule is O=C1NCSCN1c1ccccc1. The van der Waals surface area contributed by atoms with Crippen molar-refractivity contribution in [2.75, 3.05) is 16.7 Å². The van der Waals surface area contributed by atoms with E-state index < -0.39 is 0 Å². The lowest BCUT2D eigenvalue weighted by Crippen LogP contribution is -2.44. The van der Waals surface area contributed by atoms with Gasteiger partial charge in [-0.1, -0.05) is 18.2 Å². The van der Waals surface area contributed by atoms with Gasteiger partial charge < -0.3 is 5.32 Å². The van der Waals surface area contributed by atoms with Gasteiger partial charge in [0, 0.05) is 5.69 Å². The summed E-state index contributed by atoms with van der Waals surface area (Å²) < 4.78 is 0. The largest absolute Gasteiger partial charge is 0.329 e. The summed E-state index contributed by atoms with van der Waals surface area (Å²) in [6.45, 7) is 0. The summed E-state index contributed by atoms with van der Waals surface area (Å²) in [5, 5.41) is 2.78. The van der Waals surface area contributed by atoms with Gasteiger partial charge in [0.25, 0.3) is 0 Å². The van der Waals surface area contributed by atoms with Gasteiger partial charge in [-0.15, -0.1) is 11.8 Å². The first kappa shape index (κ1) is 8.44. The second-order valence-electron chi connectivity index (χ2n) is 2.72. The predicted octanol–water partition coefficient (Wildman–Crippen LogP) is 1.86. The monoisotopic (exact) mass is 194 g/mol. The number of amides is 2. The summed E-state index contributed by atoms with van der Waals surface area (Å²) >= 11 is 1.70. The standard InChI is InChI=1S/C9H10N2OS/c12-9-10-6-13-7-11(9)8-4-2-1-3-5-8/h1-5H,6-7H2,(H,10,12). The van der Waals surface area contributed by atoms with Gasteiger partial charge in [-0.25, -0.2) is 4.79 Å². The highest BCUT2D eigenvalue weighted by atomic mass is 32.2. The number of hydrogen-bond donors (Lipinski definition) is 1. The molecule has 0 radical (unpaired) electrons. The zero-order chi connectivity index (χ0) is 9.10. The number of benzene rings is 1. The minimum Gasteiger partial charge on any atom is -0.329 e. The molecule has 0 unspecified atom stereocenters. The van der Waals surface area contributed by atoms with E-state index in [4.69, 9.17) is 0 Å². The van der Waals surface area contributed by atoms with Crippen molar-refractivity contribution in [2.24, 2.45) is 0 Å². The lowest BCUT2D eigenvalue weighted by atomic mass is 10.3. The number of carbonyl (C=O) groups excluding carboxylic acids is 1. The van der Waals surface area contributed by atoms with Gasteiger partial charge in [0.2, 0.25) is 0 Å². The molecule has 0 saturated carbocycles. The minimum atomic E-state index is -0.00931. The van der Waals surface area contributed by atoms with Crippen LogP contribution in [0, 0.1) is 0 Å². The van der Waals surface area contributed by atoms with Crippen LogP contribution in [-0.4, -0.2) is 17.8 Å². The topological polar surface area (TPSA) is 32.3 Å². The van der Waals surface area contributed by atoms with Gasteiger partial charge in [0.05, 0.1) is 11.8 Å². The number of thioether (sulfide) groups is 1. The van der Waals surface area contributed by atoms with Crippen LogP contribution in [0.5, 0.6) is 0 Å². The van der Waals surface area contributed by atoms with E-state index in [9.17, 15) is 4.79 Å². The third-order valence-electron chi connectivity index (χ3n) is 1.86. The molecule has 0 atom stereocenters. The van der Waals surface area contributed by atoms with E-state index in [-0.39, 0.29) is 6.03 Å². The molecule has 0 spiro atoms. The summed E-state index contributed by atoms with van der Waals surface area (Å²) in [6.07, 6.45) is 0. The Labute approximate surface area is 81.1 Å². The molecule has 2 rings (SSSR count). The highest BCUT2D eigenvalue weighted by Crippen LogP contribution is 2.18. The van der Waals surface area contributed by atoms with E-state index in [1.54, 1.807) is 16.7 Å². The van der Waals surface area contributed by atoms with Gasteiger partial charge >= 0.3 is 6.03 Å². The summed E-state index contributed by atoms with van der Waals surface area (Å²) in [5.41, 5.74) is 0.951. The Bertz CT molecular complexity index is 302. The van der Waals surface area contributed by atoms with E-state index in [2.05, 4.69) is 5.32 Å². The molecule has 0 aromatic heterocycles. The van der Waals surface area contributed by atoms with Crippen LogP contribution in [0.25, 0.3) is 0 Å². The molecular weight excluding hydrogens is 184 g/mol. The fourth-order valence-electron chi connectivity index (χ4n) is 1.20. The number of nitrogens with one attached hydrogen (secondary N) is 1. The average Bonchev–Trinajstić information content (AvgIpc) is 2.20. The lowest BCUT2D eigenvalue weighted by Gasteiger charge is -2.26. The van der Waals surface area contributed by atoms with Gasteiger partial charge in [-0.2, -0.15) is 0 Å². The zero-order valence-electron chi connectivity index (χ0n) is 7.06. The number of para-hydroxylation sites is 1. The molecule has 4 heteroatoms. The van der Waals surface area contributed by atoms with Gasteiger partial charge in [0.1, 0.15) is 0 Å². The van der Waals surface area contributed by atoms with E-state index in [0.717, 1.165) is 11.6 Å². The second kappa shape index (κ2) is 3.70. The number of carbonyl (C=O) groups is 1. The van der Waals surface area contributed by atoms with Crippen LogP contribution in [0.2, 0.25) is 0 Å². The first-order chi connectivity index (χ1) is 6.38. The zero-order valence-corrected chi connectivity index (χ0v) is 7.88. The molecule has 13 heavy (non-hydrogen) atoms. The number of rotatable bonds is 1. The van der Waals surface area contributed by atoms with Crippen LogP contribution >= 0.6 is 11.8 Å². The molecule has 0 bridgehead atoms.